The number of nitrogens with one attached hydrogen (secondary N) is 1. The van der Waals surface area contributed by atoms with Crippen molar-refractivity contribution in [1.29, 1.82) is 0 Å². The van der Waals surface area contributed by atoms with Crippen LogP contribution in [0.3, 0.4) is 0 Å². The third-order valence-electron chi connectivity index (χ3n) is 0.983. The smallest absolute Gasteiger partial charge is 0.103 e. The molecule has 0 heterocycles. The van der Waals surface area contributed by atoms with Crippen molar-refractivity contribution >= 4 is 0 Å². The number of hydrogen-bond donors (Lipinski definition) is 3. The molecule has 1 atom stereocenters. The molecule has 0 radical (unpaired) electrons. The number of ether oxygens (including phenoxy) is 1. The van der Waals surface area contributed by atoms with Crippen molar-refractivity contribution in [3.8, 4) is 0 Å². The zero-order chi connectivity index (χ0) is 8.53. The van der Waals surface area contributed by atoms with E-state index in [4.69, 9.17) is 15.7 Å². The van der Waals surface area contributed by atoms with Gasteiger partial charge in [0.15, 0.2) is 0 Å². The van der Waals surface area contributed by atoms with Crippen LogP contribution >= 0.6 is 0 Å². The number of methoxy groups -OCH3 is 1. The molecule has 0 aliphatic rings. The van der Waals surface area contributed by atoms with Crippen LogP contribution < -0.4 is 11.2 Å². The van der Waals surface area contributed by atoms with Crippen molar-refractivity contribution in [2.75, 3.05) is 33.4 Å². The maximum absolute atomic E-state index is 9.03. The Morgan fingerprint density at radius 1 is 1.55 bits per heavy atom. The molecule has 0 aromatic heterocycles. The lowest BCUT2D eigenvalue weighted by molar-refractivity contribution is -0.0429. The molecule has 1 unspecified atom stereocenters. The van der Waals surface area contributed by atoms with Crippen molar-refractivity contribution < 1.29 is 14.7 Å². The molecular formula is C6H16N2O3. The highest BCUT2D eigenvalue weighted by molar-refractivity contribution is 4.48. The fraction of sp³-hybridized carbons (Fsp3) is 1.00. The monoisotopic (exact) mass is 164 g/mol. The molecule has 4 N–H and O–H groups in total. The normalized spacial score (nSPS) is 13.4. The summed E-state index contributed by atoms with van der Waals surface area (Å²) in [5.41, 5.74) is 7.76. The van der Waals surface area contributed by atoms with Gasteiger partial charge in [-0.15, -0.1) is 0 Å². The maximum Gasteiger partial charge on any atom is 0.103 e. The third-order valence-corrected chi connectivity index (χ3v) is 0.983. The summed E-state index contributed by atoms with van der Waals surface area (Å²) in [6.07, 6.45) is -0.578. The highest BCUT2D eigenvalue weighted by Crippen LogP contribution is 1.82. The van der Waals surface area contributed by atoms with E-state index in [1.165, 1.54) is 7.11 Å². The summed E-state index contributed by atoms with van der Waals surface area (Å²) < 4.78 is 4.68. The standard InChI is InChI=1S/C6H16N2O3/c1-10-4-6(9)5-11-8-3-2-7/h6,8-9H,2-5,7H2,1H3. The molecule has 0 aromatic rings. The van der Waals surface area contributed by atoms with Gasteiger partial charge in [-0.05, 0) is 0 Å². The lowest BCUT2D eigenvalue weighted by atomic mass is 10.4. The van der Waals surface area contributed by atoms with Crippen LogP contribution in [0.5, 0.6) is 0 Å². The Morgan fingerprint density at radius 3 is 2.82 bits per heavy atom. The van der Waals surface area contributed by atoms with Crippen LogP contribution in [-0.4, -0.2) is 44.6 Å². The second kappa shape index (κ2) is 7.90. The van der Waals surface area contributed by atoms with Crippen molar-refractivity contribution in [2.45, 2.75) is 6.10 Å². The van der Waals surface area contributed by atoms with E-state index >= 15 is 0 Å². The highest BCUT2D eigenvalue weighted by Gasteiger charge is 2.01. The molecular weight excluding hydrogens is 148 g/mol. The first-order chi connectivity index (χ1) is 5.31. The van der Waals surface area contributed by atoms with Crippen molar-refractivity contribution in [3.05, 3.63) is 0 Å². The van der Waals surface area contributed by atoms with Gasteiger partial charge >= 0.3 is 0 Å². The predicted molar refractivity (Wildman–Crippen MR) is 40.9 cm³/mol. The molecule has 0 fully saturated rings. The minimum Gasteiger partial charge on any atom is -0.388 e. The van der Waals surface area contributed by atoms with Gasteiger partial charge in [-0.1, -0.05) is 0 Å². The maximum atomic E-state index is 9.03. The van der Waals surface area contributed by atoms with E-state index in [0.29, 0.717) is 13.1 Å². The van der Waals surface area contributed by atoms with E-state index < -0.39 is 6.10 Å². The van der Waals surface area contributed by atoms with Gasteiger partial charge in [0.2, 0.25) is 0 Å². The van der Waals surface area contributed by atoms with Crippen LogP contribution in [0.2, 0.25) is 0 Å². The van der Waals surface area contributed by atoms with Gasteiger partial charge in [-0.25, -0.2) is 5.48 Å². The Morgan fingerprint density at radius 2 is 2.27 bits per heavy atom. The molecule has 11 heavy (non-hydrogen) atoms. The summed E-state index contributed by atoms with van der Waals surface area (Å²) in [5, 5.41) is 9.03. The second-order valence-corrected chi connectivity index (χ2v) is 2.10. The van der Waals surface area contributed by atoms with Crippen LogP contribution in [0, 0.1) is 0 Å². The molecule has 0 bridgehead atoms. The van der Waals surface area contributed by atoms with Crippen molar-refractivity contribution in [2.24, 2.45) is 5.73 Å². The lowest BCUT2D eigenvalue weighted by Crippen LogP contribution is -2.29. The number of rotatable bonds is 7. The van der Waals surface area contributed by atoms with Gasteiger partial charge < -0.3 is 15.6 Å². The molecule has 0 saturated heterocycles. The van der Waals surface area contributed by atoms with E-state index in [1.54, 1.807) is 0 Å². The van der Waals surface area contributed by atoms with Gasteiger partial charge in [0.1, 0.15) is 6.10 Å². The van der Waals surface area contributed by atoms with E-state index in [0.717, 1.165) is 0 Å². The fourth-order valence-electron chi connectivity index (χ4n) is 0.527. The Balaban J connectivity index is 2.97. The molecule has 0 amide bonds. The van der Waals surface area contributed by atoms with Crippen LogP contribution in [0.25, 0.3) is 0 Å². The number of hydroxylamine groups is 1. The lowest BCUT2D eigenvalue weighted by Gasteiger charge is -2.09. The molecule has 0 spiro atoms. The van der Waals surface area contributed by atoms with Gasteiger partial charge in [0.25, 0.3) is 0 Å². The van der Waals surface area contributed by atoms with Crippen molar-refractivity contribution in [3.63, 3.8) is 0 Å². The van der Waals surface area contributed by atoms with Gasteiger partial charge in [0, 0.05) is 20.2 Å². The summed E-state index contributed by atoms with van der Waals surface area (Å²) in [4.78, 5) is 4.83. The third kappa shape index (κ3) is 7.70. The summed E-state index contributed by atoms with van der Waals surface area (Å²) >= 11 is 0. The average molecular weight is 164 g/mol. The molecule has 0 saturated carbocycles. The Labute approximate surface area is 66.4 Å². The SMILES string of the molecule is COCC(O)CONCCN. The van der Waals surface area contributed by atoms with Gasteiger partial charge in [-0.3, -0.25) is 4.84 Å². The minimum absolute atomic E-state index is 0.216. The van der Waals surface area contributed by atoms with Crippen LogP contribution in [0.1, 0.15) is 0 Å². The van der Waals surface area contributed by atoms with E-state index in [9.17, 15) is 0 Å². The molecule has 0 aromatic carbocycles. The number of aliphatic hydroxyl groups is 1. The predicted octanol–water partition coefficient (Wildman–Crippen LogP) is -1.53. The van der Waals surface area contributed by atoms with E-state index in [2.05, 4.69) is 10.2 Å². The first kappa shape index (κ1) is 10.8. The number of hydrogen-bond acceptors (Lipinski definition) is 5. The topological polar surface area (TPSA) is 76.7 Å². The van der Waals surface area contributed by atoms with Crippen molar-refractivity contribution in [1.82, 2.24) is 5.48 Å². The Bertz CT molecular complexity index is 82.2. The number of nitrogens with two attached hydrogens (primary N) is 1. The largest absolute Gasteiger partial charge is 0.388 e. The van der Waals surface area contributed by atoms with Gasteiger partial charge in [0.05, 0.1) is 13.2 Å². The zero-order valence-corrected chi connectivity index (χ0v) is 6.75. The summed E-state index contributed by atoms with van der Waals surface area (Å²) in [6, 6.07) is 0. The van der Waals surface area contributed by atoms with E-state index in [-0.39, 0.29) is 13.2 Å². The number of aliphatic hydroxyl groups excluding tert-OH is 1. The van der Waals surface area contributed by atoms with Crippen LogP contribution in [-0.2, 0) is 9.57 Å². The van der Waals surface area contributed by atoms with Gasteiger partial charge in [-0.2, -0.15) is 0 Å². The molecule has 0 rings (SSSR count). The molecule has 5 nitrogen and oxygen atoms in total. The second-order valence-electron chi connectivity index (χ2n) is 2.10. The van der Waals surface area contributed by atoms with E-state index in [1.807, 2.05) is 0 Å². The molecule has 5 heteroatoms. The fourth-order valence-corrected chi connectivity index (χ4v) is 0.527. The Hall–Kier alpha value is -0.200. The minimum atomic E-state index is -0.578. The van der Waals surface area contributed by atoms with Crippen LogP contribution in [0.15, 0.2) is 0 Å². The molecule has 68 valence electrons. The first-order valence-corrected chi connectivity index (χ1v) is 3.53. The summed E-state index contributed by atoms with van der Waals surface area (Å²) in [5.74, 6) is 0. The quantitative estimate of drug-likeness (QED) is 0.314. The molecule has 0 aliphatic carbocycles. The zero-order valence-electron chi connectivity index (χ0n) is 6.75. The molecule has 0 aliphatic heterocycles. The first-order valence-electron chi connectivity index (χ1n) is 3.53. The summed E-state index contributed by atoms with van der Waals surface area (Å²) in [6.45, 7) is 1.60. The Kier molecular flexibility index (Phi) is 7.76. The highest BCUT2D eigenvalue weighted by atomic mass is 16.6. The average Bonchev–Trinajstić information content (AvgIpc) is 1.99. The summed E-state index contributed by atoms with van der Waals surface area (Å²) in [7, 11) is 1.52. The van der Waals surface area contributed by atoms with Crippen LogP contribution in [0.4, 0.5) is 0 Å².